The Hall–Kier alpha value is -1.36. The quantitative estimate of drug-likeness (QED) is 0.799. The monoisotopic (exact) mass is 352 g/mol. The summed E-state index contributed by atoms with van der Waals surface area (Å²) in [4.78, 5) is 24.6. The van der Waals surface area contributed by atoms with Crippen LogP contribution in [0.1, 0.15) is 32.3 Å². The first-order valence-corrected chi connectivity index (χ1v) is 8.00. The Bertz CT molecular complexity index is 565. The minimum atomic E-state index is -0.869. The van der Waals surface area contributed by atoms with E-state index in [-0.39, 0.29) is 11.8 Å². The number of carbonyl (C=O) groups is 2. The molecule has 0 spiro atoms. The fraction of sp³-hybridized carbons (Fsp3) is 0.500. The molecular formula is C16H21BrN2O2. The summed E-state index contributed by atoms with van der Waals surface area (Å²) in [5, 5.41) is 5.71. The Morgan fingerprint density at radius 3 is 2.48 bits per heavy atom. The molecule has 114 valence electrons. The van der Waals surface area contributed by atoms with Crippen molar-refractivity contribution in [2.24, 2.45) is 11.3 Å². The summed E-state index contributed by atoms with van der Waals surface area (Å²) in [5.74, 6) is 0.0141. The number of hydrogen-bond acceptors (Lipinski definition) is 2. The topological polar surface area (TPSA) is 58.2 Å². The SMILES string of the molecule is Cc1ccc(NC(=O)C2(C(=O)NCC(C)C)CC2)cc1Br. The van der Waals surface area contributed by atoms with Crippen molar-refractivity contribution in [3.8, 4) is 0 Å². The van der Waals surface area contributed by atoms with Crippen molar-refractivity contribution >= 4 is 33.4 Å². The second-order valence-electron chi connectivity index (χ2n) is 6.10. The van der Waals surface area contributed by atoms with E-state index in [4.69, 9.17) is 0 Å². The maximum absolute atomic E-state index is 12.4. The second kappa shape index (κ2) is 6.18. The molecule has 0 radical (unpaired) electrons. The van der Waals surface area contributed by atoms with E-state index in [0.717, 1.165) is 10.0 Å². The minimum Gasteiger partial charge on any atom is -0.355 e. The van der Waals surface area contributed by atoms with Crippen LogP contribution in [0.4, 0.5) is 5.69 Å². The Labute approximate surface area is 133 Å². The highest BCUT2D eigenvalue weighted by Crippen LogP contribution is 2.47. The molecule has 5 heteroatoms. The van der Waals surface area contributed by atoms with Crippen LogP contribution in [0, 0.1) is 18.3 Å². The van der Waals surface area contributed by atoms with Crippen molar-refractivity contribution in [2.45, 2.75) is 33.6 Å². The lowest BCUT2D eigenvalue weighted by Crippen LogP contribution is -2.41. The smallest absolute Gasteiger partial charge is 0.240 e. The third kappa shape index (κ3) is 3.64. The zero-order valence-electron chi connectivity index (χ0n) is 12.6. The summed E-state index contributed by atoms with van der Waals surface area (Å²) in [6.07, 6.45) is 1.24. The summed E-state index contributed by atoms with van der Waals surface area (Å²) in [6.45, 7) is 6.65. The van der Waals surface area contributed by atoms with E-state index < -0.39 is 5.41 Å². The largest absolute Gasteiger partial charge is 0.355 e. The number of nitrogens with one attached hydrogen (secondary N) is 2. The molecule has 2 rings (SSSR count). The highest BCUT2D eigenvalue weighted by molar-refractivity contribution is 9.10. The Kier molecular flexibility index (Phi) is 4.71. The van der Waals surface area contributed by atoms with Crippen LogP contribution >= 0.6 is 15.9 Å². The van der Waals surface area contributed by atoms with Crippen LogP contribution in [0.3, 0.4) is 0 Å². The Morgan fingerprint density at radius 2 is 1.95 bits per heavy atom. The number of aryl methyl sites for hydroxylation is 1. The first-order chi connectivity index (χ1) is 9.85. The average Bonchev–Trinajstić information content (AvgIpc) is 3.21. The lowest BCUT2D eigenvalue weighted by Gasteiger charge is -2.16. The number of benzene rings is 1. The molecule has 0 atom stereocenters. The standard InChI is InChI=1S/C16H21BrN2O2/c1-10(2)9-18-14(20)16(6-7-16)15(21)19-12-5-4-11(3)13(17)8-12/h4-5,8,10H,6-7,9H2,1-3H3,(H,18,20)(H,19,21). The maximum Gasteiger partial charge on any atom is 0.240 e. The predicted molar refractivity (Wildman–Crippen MR) is 87.0 cm³/mol. The Morgan fingerprint density at radius 1 is 1.29 bits per heavy atom. The maximum atomic E-state index is 12.4. The van der Waals surface area contributed by atoms with Gasteiger partial charge in [-0.2, -0.15) is 0 Å². The predicted octanol–water partition coefficient (Wildman–Crippen LogP) is 3.25. The van der Waals surface area contributed by atoms with Crippen LogP contribution in [0.15, 0.2) is 22.7 Å². The lowest BCUT2D eigenvalue weighted by atomic mass is 10.0. The zero-order valence-corrected chi connectivity index (χ0v) is 14.2. The van der Waals surface area contributed by atoms with Gasteiger partial charge in [-0.15, -0.1) is 0 Å². The van der Waals surface area contributed by atoms with E-state index in [0.29, 0.717) is 31.0 Å². The molecule has 0 heterocycles. The first-order valence-electron chi connectivity index (χ1n) is 7.21. The molecule has 0 bridgehead atoms. The van der Waals surface area contributed by atoms with Gasteiger partial charge in [-0.1, -0.05) is 35.8 Å². The number of hydrogen-bond donors (Lipinski definition) is 2. The van der Waals surface area contributed by atoms with Crippen LogP contribution in [-0.4, -0.2) is 18.4 Å². The van der Waals surface area contributed by atoms with Gasteiger partial charge < -0.3 is 10.6 Å². The molecule has 1 aliphatic carbocycles. The average molecular weight is 353 g/mol. The van der Waals surface area contributed by atoms with Crippen LogP contribution in [0.25, 0.3) is 0 Å². The molecule has 1 aromatic carbocycles. The number of carbonyl (C=O) groups excluding carboxylic acids is 2. The molecule has 4 nitrogen and oxygen atoms in total. The van der Waals surface area contributed by atoms with Gasteiger partial charge in [0, 0.05) is 16.7 Å². The number of rotatable bonds is 5. The molecule has 1 fully saturated rings. The van der Waals surface area contributed by atoms with Gasteiger partial charge in [0.05, 0.1) is 0 Å². The van der Waals surface area contributed by atoms with Gasteiger partial charge in [-0.05, 0) is 43.4 Å². The molecule has 0 aromatic heterocycles. The fourth-order valence-electron chi connectivity index (χ4n) is 2.07. The molecule has 1 aliphatic rings. The van der Waals surface area contributed by atoms with Crippen LogP contribution in [0.5, 0.6) is 0 Å². The van der Waals surface area contributed by atoms with Crippen molar-refractivity contribution in [3.63, 3.8) is 0 Å². The van der Waals surface area contributed by atoms with Crippen LogP contribution < -0.4 is 10.6 Å². The van der Waals surface area contributed by atoms with Crippen molar-refractivity contribution < 1.29 is 9.59 Å². The molecule has 1 saturated carbocycles. The van der Waals surface area contributed by atoms with E-state index in [2.05, 4.69) is 26.6 Å². The molecule has 2 amide bonds. The van der Waals surface area contributed by atoms with Crippen molar-refractivity contribution in [3.05, 3.63) is 28.2 Å². The van der Waals surface area contributed by atoms with Crippen LogP contribution in [0.2, 0.25) is 0 Å². The number of halogens is 1. The second-order valence-corrected chi connectivity index (χ2v) is 6.96. The highest BCUT2D eigenvalue weighted by Gasteiger charge is 2.56. The molecule has 0 aliphatic heterocycles. The molecule has 0 unspecified atom stereocenters. The zero-order chi connectivity index (χ0) is 15.6. The molecule has 0 saturated heterocycles. The van der Waals surface area contributed by atoms with E-state index in [1.165, 1.54) is 0 Å². The van der Waals surface area contributed by atoms with E-state index >= 15 is 0 Å². The molecule has 21 heavy (non-hydrogen) atoms. The van der Waals surface area contributed by atoms with Crippen molar-refractivity contribution in [1.82, 2.24) is 5.32 Å². The first kappa shape index (κ1) is 16.0. The third-order valence-electron chi connectivity index (χ3n) is 3.72. The number of amides is 2. The van der Waals surface area contributed by atoms with Gasteiger partial charge in [-0.3, -0.25) is 9.59 Å². The van der Waals surface area contributed by atoms with Gasteiger partial charge in [0.25, 0.3) is 0 Å². The van der Waals surface area contributed by atoms with Crippen molar-refractivity contribution in [2.75, 3.05) is 11.9 Å². The third-order valence-corrected chi connectivity index (χ3v) is 4.57. The van der Waals surface area contributed by atoms with Gasteiger partial charge in [0.15, 0.2) is 0 Å². The van der Waals surface area contributed by atoms with Gasteiger partial charge in [0.1, 0.15) is 5.41 Å². The van der Waals surface area contributed by atoms with Gasteiger partial charge in [0.2, 0.25) is 11.8 Å². The van der Waals surface area contributed by atoms with E-state index in [9.17, 15) is 9.59 Å². The lowest BCUT2D eigenvalue weighted by molar-refractivity contribution is -0.134. The molecule has 2 N–H and O–H groups in total. The number of anilines is 1. The fourth-order valence-corrected chi connectivity index (χ4v) is 2.45. The van der Waals surface area contributed by atoms with Crippen LogP contribution in [-0.2, 0) is 9.59 Å². The Balaban J connectivity index is 2.02. The van der Waals surface area contributed by atoms with E-state index in [1.54, 1.807) is 0 Å². The summed E-state index contributed by atoms with van der Waals surface area (Å²) in [6, 6.07) is 5.63. The summed E-state index contributed by atoms with van der Waals surface area (Å²) < 4.78 is 0.939. The highest BCUT2D eigenvalue weighted by atomic mass is 79.9. The summed E-state index contributed by atoms with van der Waals surface area (Å²) in [5.41, 5.74) is 0.941. The molecular weight excluding hydrogens is 332 g/mol. The minimum absolute atomic E-state index is 0.153. The van der Waals surface area contributed by atoms with Gasteiger partial charge in [-0.25, -0.2) is 0 Å². The molecule has 1 aromatic rings. The van der Waals surface area contributed by atoms with Crippen molar-refractivity contribution in [1.29, 1.82) is 0 Å². The van der Waals surface area contributed by atoms with Gasteiger partial charge >= 0.3 is 0 Å². The summed E-state index contributed by atoms with van der Waals surface area (Å²) in [7, 11) is 0. The van der Waals surface area contributed by atoms with E-state index in [1.807, 2.05) is 39.0 Å². The summed E-state index contributed by atoms with van der Waals surface area (Å²) >= 11 is 3.44. The normalized spacial score (nSPS) is 15.7.